The average molecular weight is 699 g/mol. The molecule has 0 aliphatic heterocycles. The van der Waals surface area contributed by atoms with Gasteiger partial charge in [0.25, 0.3) is 0 Å². The van der Waals surface area contributed by atoms with Crippen LogP contribution in [-0.2, 0) is 20.8 Å². The Hall–Kier alpha value is -6.79. The van der Waals surface area contributed by atoms with Gasteiger partial charge in [-0.15, -0.1) is 0 Å². The number of esters is 4. The summed E-state index contributed by atoms with van der Waals surface area (Å²) in [5.41, 5.74) is 3.75. The third-order valence-corrected chi connectivity index (χ3v) is 7.18. The Morgan fingerprint density at radius 1 is 0.692 bits per heavy atom. The van der Waals surface area contributed by atoms with Crippen molar-refractivity contribution >= 4 is 36.0 Å². The maximum Gasteiger partial charge on any atom is 0.343 e. The van der Waals surface area contributed by atoms with Crippen molar-refractivity contribution in [2.45, 2.75) is 26.7 Å². The van der Waals surface area contributed by atoms with Crippen LogP contribution in [0.5, 0.6) is 23.0 Å². The van der Waals surface area contributed by atoms with Crippen molar-refractivity contribution in [1.82, 2.24) is 0 Å². The zero-order valence-corrected chi connectivity index (χ0v) is 28.7. The van der Waals surface area contributed by atoms with Gasteiger partial charge >= 0.3 is 23.9 Å². The quantitative estimate of drug-likeness (QED) is 0.0451. The molecule has 0 amide bonds. The summed E-state index contributed by atoms with van der Waals surface area (Å²) >= 11 is 0. The largest absolute Gasteiger partial charge is 0.423 e. The molecule has 0 aromatic heterocycles. The minimum Gasteiger partial charge on any atom is -0.423 e. The highest BCUT2D eigenvalue weighted by Gasteiger charge is 2.17. The summed E-state index contributed by atoms with van der Waals surface area (Å²) in [7, 11) is 0. The van der Waals surface area contributed by atoms with E-state index < -0.39 is 30.6 Å². The van der Waals surface area contributed by atoms with Crippen molar-refractivity contribution < 1.29 is 42.5 Å². The number of hydrogen-bond donors (Lipinski definition) is 0. The normalized spacial score (nSPS) is 10.4. The molecule has 0 fully saturated rings. The molecule has 0 aliphatic carbocycles. The Balaban J connectivity index is 1.57. The first-order valence-corrected chi connectivity index (χ1v) is 16.0. The van der Waals surface area contributed by atoms with Crippen molar-refractivity contribution in [3.8, 4) is 34.8 Å². The second-order valence-electron chi connectivity index (χ2n) is 11.4. The molecule has 4 aromatic rings. The minimum atomic E-state index is -0.652. The summed E-state index contributed by atoms with van der Waals surface area (Å²) in [6.45, 7) is 13.1. The molecule has 262 valence electrons. The van der Waals surface area contributed by atoms with Crippen LogP contribution in [0.1, 0.15) is 58.4 Å². The van der Waals surface area contributed by atoms with Crippen LogP contribution in [0.4, 0.5) is 4.39 Å². The Morgan fingerprint density at radius 3 is 1.87 bits per heavy atom. The van der Waals surface area contributed by atoms with Crippen molar-refractivity contribution in [3.05, 3.63) is 155 Å². The van der Waals surface area contributed by atoms with Gasteiger partial charge in [-0.3, -0.25) is 4.39 Å². The smallest absolute Gasteiger partial charge is 0.343 e. The van der Waals surface area contributed by atoms with E-state index in [2.05, 4.69) is 31.6 Å². The molecule has 0 bridgehead atoms. The van der Waals surface area contributed by atoms with Crippen molar-refractivity contribution in [1.29, 1.82) is 0 Å². The van der Waals surface area contributed by atoms with E-state index in [1.54, 1.807) is 54.6 Å². The molecule has 0 heterocycles. The van der Waals surface area contributed by atoms with Crippen molar-refractivity contribution in [3.63, 3.8) is 0 Å². The van der Waals surface area contributed by atoms with Gasteiger partial charge in [0.1, 0.15) is 17.2 Å². The number of carbonyl (C=O) groups excluding carboxylic acids is 4. The monoisotopic (exact) mass is 698 g/mol. The molecule has 0 radical (unpaired) electrons. The predicted molar refractivity (Wildman–Crippen MR) is 197 cm³/mol. The molecule has 0 N–H and O–H groups in total. The summed E-state index contributed by atoms with van der Waals surface area (Å²) in [6, 6.07) is 22.8. The van der Waals surface area contributed by atoms with Gasteiger partial charge in [0, 0.05) is 28.3 Å². The number of hydrogen-bond acceptors (Lipinski definition) is 8. The molecule has 8 nitrogen and oxygen atoms in total. The summed E-state index contributed by atoms with van der Waals surface area (Å²) in [6.07, 6.45) is 5.17. The SMILES string of the molecule is C=CC(=O)Oc1ccc(C=Cc2ccc(C#Cc3ccc(C(=O)Oc4ccc(OC(=O)C(=C)C)cc4)cc3)c(OC(=O)C(=C)C)c2CCCF)cc1. The molecule has 0 saturated heterocycles. The first-order valence-electron chi connectivity index (χ1n) is 16.0. The summed E-state index contributed by atoms with van der Waals surface area (Å²) in [4.78, 5) is 48.7. The van der Waals surface area contributed by atoms with Gasteiger partial charge in [-0.05, 0) is 105 Å². The lowest BCUT2D eigenvalue weighted by Gasteiger charge is -2.15. The molecule has 0 spiro atoms. The highest BCUT2D eigenvalue weighted by Crippen LogP contribution is 2.31. The maximum absolute atomic E-state index is 13.4. The topological polar surface area (TPSA) is 105 Å². The van der Waals surface area contributed by atoms with Crippen LogP contribution in [-0.4, -0.2) is 30.6 Å². The van der Waals surface area contributed by atoms with Crippen LogP contribution in [0.25, 0.3) is 12.2 Å². The molecule has 0 unspecified atom stereocenters. The molecule has 0 saturated carbocycles. The van der Waals surface area contributed by atoms with Gasteiger partial charge in [0.15, 0.2) is 5.75 Å². The lowest BCUT2D eigenvalue weighted by atomic mass is 9.97. The Bertz CT molecular complexity index is 2100. The number of rotatable bonds is 13. The van der Waals surface area contributed by atoms with Crippen molar-refractivity contribution in [2.75, 3.05) is 6.67 Å². The fourth-order valence-corrected chi connectivity index (χ4v) is 4.45. The number of ether oxygens (including phenoxy) is 4. The van der Waals surface area contributed by atoms with Gasteiger partial charge in [0.05, 0.1) is 17.8 Å². The number of halogens is 1. The molecular weight excluding hydrogens is 663 g/mol. The van der Waals surface area contributed by atoms with Crippen LogP contribution in [0.15, 0.2) is 122 Å². The molecule has 4 rings (SSSR count). The van der Waals surface area contributed by atoms with E-state index in [1.807, 2.05) is 18.2 Å². The van der Waals surface area contributed by atoms with E-state index in [1.165, 1.54) is 38.1 Å². The number of benzene rings is 4. The van der Waals surface area contributed by atoms with E-state index in [-0.39, 0.29) is 46.8 Å². The lowest BCUT2D eigenvalue weighted by molar-refractivity contribution is -0.131. The van der Waals surface area contributed by atoms with E-state index in [4.69, 9.17) is 18.9 Å². The highest BCUT2D eigenvalue weighted by atomic mass is 19.1. The zero-order valence-electron chi connectivity index (χ0n) is 28.7. The van der Waals surface area contributed by atoms with Crippen LogP contribution in [0.2, 0.25) is 0 Å². The van der Waals surface area contributed by atoms with Gasteiger partial charge in [0.2, 0.25) is 0 Å². The predicted octanol–water partition coefficient (Wildman–Crippen LogP) is 8.43. The van der Waals surface area contributed by atoms with E-state index in [0.29, 0.717) is 28.0 Å². The summed E-state index contributed by atoms with van der Waals surface area (Å²) in [5, 5.41) is 0. The molecular formula is C43H35FO8. The second-order valence-corrected chi connectivity index (χ2v) is 11.4. The minimum absolute atomic E-state index is 0.179. The average Bonchev–Trinajstić information content (AvgIpc) is 3.14. The Labute approximate surface area is 301 Å². The third kappa shape index (κ3) is 10.9. The Kier molecular flexibility index (Phi) is 13.4. The van der Waals surface area contributed by atoms with Crippen LogP contribution < -0.4 is 18.9 Å². The molecule has 52 heavy (non-hydrogen) atoms. The van der Waals surface area contributed by atoms with Gasteiger partial charge in [-0.1, -0.05) is 61.9 Å². The zero-order chi connectivity index (χ0) is 37.6. The van der Waals surface area contributed by atoms with E-state index in [0.717, 1.165) is 11.6 Å². The first kappa shape index (κ1) is 38.0. The lowest BCUT2D eigenvalue weighted by Crippen LogP contribution is -2.12. The van der Waals surface area contributed by atoms with Crippen LogP contribution in [0, 0.1) is 11.8 Å². The maximum atomic E-state index is 13.4. The summed E-state index contributed by atoms with van der Waals surface area (Å²) < 4.78 is 34.9. The fourth-order valence-electron chi connectivity index (χ4n) is 4.45. The first-order chi connectivity index (χ1) is 25.0. The van der Waals surface area contributed by atoms with Gasteiger partial charge in [-0.2, -0.15) is 0 Å². The number of alkyl halides is 1. The van der Waals surface area contributed by atoms with Crippen molar-refractivity contribution in [2.24, 2.45) is 0 Å². The second kappa shape index (κ2) is 18.3. The number of carbonyl (C=O) groups is 4. The Morgan fingerprint density at radius 2 is 1.27 bits per heavy atom. The van der Waals surface area contributed by atoms with Crippen LogP contribution in [0.3, 0.4) is 0 Å². The van der Waals surface area contributed by atoms with Gasteiger partial charge < -0.3 is 18.9 Å². The molecule has 0 aliphatic rings. The highest BCUT2D eigenvalue weighted by molar-refractivity contribution is 5.92. The van der Waals surface area contributed by atoms with E-state index >= 15 is 0 Å². The summed E-state index contributed by atoms with van der Waals surface area (Å²) in [5.74, 6) is 4.81. The van der Waals surface area contributed by atoms with Crippen LogP contribution >= 0.6 is 0 Å². The molecule has 4 aromatic carbocycles. The van der Waals surface area contributed by atoms with Gasteiger partial charge in [-0.25, -0.2) is 19.2 Å². The fraction of sp³-hybridized carbons (Fsp3) is 0.116. The van der Waals surface area contributed by atoms with E-state index in [9.17, 15) is 23.6 Å². The molecule has 9 heteroatoms. The third-order valence-electron chi connectivity index (χ3n) is 7.18. The molecule has 0 atom stereocenters. The standard InChI is InChI=1S/C43H35FO8/c1-6-39(45)49-35-21-13-31(14-22-35)9-15-32-19-20-33(40(38(32)8-7-27-44)52-42(47)29(4)5)16-10-30-11-17-34(18-12-30)43(48)51-37-25-23-36(24-26-37)50-41(46)28(2)3/h6,9,11-15,17-26H,1-2,4,7-8,27H2,3,5H3.